The number of nitrogens with zero attached hydrogens (tertiary/aromatic N) is 2. The minimum Gasteiger partial charge on any atom is -0.347 e. The molecule has 6 nitrogen and oxygen atoms in total. The molecule has 1 aromatic carbocycles. The lowest BCUT2D eigenvalue weighted by molar-refractivity contribution is -0.188. The molecule has 3 aliphatic heterocycles. The lowest BCUT2D eigenvalue weighted by atomic mass is 10.0. The van der Waals surface area contributed by atoms with Crippen molar-refractivity contribution in [1.82, 2.24) is 9.80 Å². The number of ether oxygens (including phenoxy) is 2. The van der Waals surface area contributed by atoms with Crippen LogP contribution in [0.5, 0.6) is 0 Å². The van der Waals surface area contributed by atoms with Crippen LogP contribution in [0.1, 0.15) is 30.4 Å². The number of carbonyl (C=O) groups is 2. The van der Waals surface area contributed by atoms with Crippen LogP contribution in [0.2, 0.25) is 0 Å². The molecule has 140 valence electrons. The Balaban J connectivity index is 1.34. The van der Waals surface area contributed by atoms with Crippen LogP contribution in [0.4, 0.5) is 0 Å². The average Bonchev–Trinajstić information content (AvgIpc) is 3.23. The summed E-state index contributed by atoms with van der Waals surface area (Å²) in [6, 6.07) is 8.17. The zero-order valence-electron chi connectivity index (χ0n) is 15.3. The number of hydrogen-bond donors (Lipinski definition) is 0. The first kappa shape index (κ1) is 17.5. The van der Waals surface area contributed by atoms with E-state index in [4.69, 9.17) is 9.47 Å². The molecule has 1 unspecified atom stereocenters. The van der Waals surface area contributed by atoms with Gasteiger partial charge in [-0.25, -0.2) is 0 Å². The van der Waals surface area contributed by atoms with E-state index in [1.54, 1.807) is 0 Å². The minimum absolute atomic E-state index is 0.0702. The molecule has 26 heavy (non-hydrogen) atoms. The SMILES string of the molecule is Cc1cccc(CN2CC(C(=O)N3CCC4(CC3)OCCO4)CC2=O)c1. The molecule has 2 amide bonds. The van der Waals surface area contributed by atoms with Gasteiger partial charge in [0.05, 0.1) is 19.1 Å². The summed E-state index contributed by atoms with van der Waals surface area (Å²) in [7, 11) is 0. The Morgan fingerprint density at radius 3 is 2.65 bits per heavy atom. The number of likely N-dealkylation sites (tertiary alicyclic amines) is 2. The first-order valence-electron chi connectivity index (χ1n) is 9.45. The largest absolute Gasteiger partial charge is 0.347 e. The van der Waals surface area contributed by atoms with Gasteiger partial charge < -0.3 is 19.3 Å². The van der Waals surface area contributed by atoms with Crippen molar-refractivity contribution in [3.05, 3.63) is 35.4 Å². The van der Waals surface area contributed by atoms with E-state index in [1.165, 1.54) is 5.56 Å². The second-order valence-corrected chi connectivity index (χ2v) is 7.60. The lowest BCUT2D eigenvalue weighted by Gasteiger charge is -2.38. The molecule has 1 aromatic rings. The second-order valence-electron chi connectivity index (χ2n) is 7.60. The van der Waals surface area contributed by atoms with Crippen molar-refractivity contribution < 1.29 is 19.1 Å². The number of carbonyl (C=O) groups excluding carboxylic acids is 2. The topological polar surface area (TPSA) is 59.1 Å². The van der Waals surface area contributed by atoms with Gasteiger partial charge in [-0.2, -0.15) is 0 Å². The fourth-order valence-corrected chi connectivity index (χ4v) is 4.23. The molecule has 6 heteroatoms. The Labute approximate surface area is 154 Å². The zero-order valence-corrected chi connectivity index (χ0v) is 15.3. The summed E-state index contributed by atoms with van der Waals surface area (Å²) in [4.78, 5) is 28.9. The zero-order chi connectivity index (χ0) is 18.1. The predicted molar refractivity (Wildman–Crippen MR) is 95.2 cm³/mol. The maximum Gasteiger partial charge on any atom is 0.228 e. The molecule has 0 aliphatic carbocycles. The van der Waals surface area contributed by atoms with E-state index in [9.17, 15) is 9.59 Å². The Morgan fingerprint density at radius 2 is 1.96 bits per heavy atom. The van der Waals surface area contributed by atoms with E-state index in [0.29, 0.717) is 58.7 Å². The van der Waals surface area contributed by atoms with Crippen LogP contribution < -0.4 is 0 Å². The number of hydrogen-bond acceptors (Lipinski definition) is 4. The number of aryl methyl sites for hydroxylation is 1. The highest BCUT2D eigenvalue weighted by Crippen LogP contribution is 2.32. The second kappa shape index (κ2) is 7.00. The van der Waals surface area contributed by atoms with Crippen molar-refractivity contribution in [1.29, 1.82) is 0 Å². The standard InChI is InChI=1S/C20H26N2O4/c1-15-3-2-4-16(11-15)13-22-14-17(12-18(22)23)19(24)21-7-5-20(6-8-21)25-9-10-26-20/h2-4,11,17H,5-10,12-14H2,1H3. The van der Waals surface area contributed by atoms with Gasteiger partial charge in [-0.05, 0) is 12.5 Å². The van der Waals surface area contributed by atoms with Crippen molar-refractivity contribution in [2.24, 2.45) is 5.92 Å². The summed E-state index contributed by atoms with van der Waals surface area (Å²) < 4.78 is 11.4. The number of benzene rings is 1. The summed E-state index contributed by atoms with van der Waals surface area (Å²) in [5, 5.41) is 0. The highest BCUT2D eigenvalue weighted by molar-refractivity contribution is 5.89. The van der Waals surface area contributed by atoms with Gasteiger partial charge in [0.2, 0.25) is 11.8 Å². The van der Waals surface area contributed by atoms with Gasteiger partial charge in [0.25, 0.3) is 0 Å². The first-order chi connectivity index (χ1) is 12.5. The molecule has 3 saturated heterocycles. The molecule has 1 spiro atoms. The van der Waals surface area contributed by atoms with Crippen LogP contribution in [0.3, 0.4) is 0 Å². The van der Waals surface area contributed by atoms with Gasteiger partial charge in [0.1, 0.15) is 0 Å². The van der Waals surface area contributed by atoms with Crippen molar-refractivity contribution in [2.45, 2.75) is 38.5 Å². The average molecular weight is 358 g/mol. The third kappa shape index (κ3) is 3.48. The summed E-state index contributed by atoms with van der Waals surface area (Å²) in [6.07, 6.45) is 1.75. The van der Waals surface area contributed by atoms with Gasteiger partial charge in [0, 0.05) is 45.4 Å². The van der Waals surface area contributed by atoms with E-state index in [0.717, 1.165) is 5.56 Å². The monoisotopic (exact) mass is 358 g/mol. The van der Waals surface area contributed by atoms with Crippen molar-refractivity contribution in [3.63, 3.8) is 0 Å². The van der Waals surface area contributed by atoms with Crippen LogP contribution in [0, 0.1) is 12.8 Å². The molecule has 0 N–H and O–H groups in total. The smallest absolute Gasteiger partial charge is 0.228 e. The summed E-state index contributed by atoms with van der Waals surface area (Å²) in [5.41, 5.74) is 2.29. The van der Waals surface area contributed by atoms with Crippen LogP contribution >= 0.6 is 0 Å². The quantitative estimate of drug-likeness (QED) is 0.825. The number of piperidine rings is 1. The third-order valence-corrected chi connectivity index (χ3v) is 5.67. The third-order valence-electron chi connectivity index (χ3n) is 5.67. The van der Waals surface area contributed by atoms with Crippen LogP contribution in [0.25, 0.3) is 0 Å². The molecular formula is C20H26N2O4. The Morgan fingerprint density at radius 1 is 1.23 bits per heavy atom. The van der Waals surface area contributed by atoms with Crippen molar-refractivity contribution >= 4 is 11.8 Å². The van der Waals surface area contributed by atoms with Crippen molar-refractivity contribution in [2.75, 3.05) is 32.8 Å². The Hall–Kier alpha value is -1.92. The molecule has 1 atom stereocenters. The highest BCUT2D eigenvalue weighted by atomic mass is 16.7. The van der Waals surface area contributed by atoms with E-state index in [1.807, 2.05) is 34.9 Å². The molecule has 0 saturated carbocycles. The van der Waals surface area contributed by atoms with E-state index >= 15 is 0 Å². The van der Waals surface area contributed by atoms with Gasteiger partial charge in [-0.3, -0.25) is 9.59 Å². The van der Waals surface area contributed by atoms with Crippen LogP contribution in [-0.2, 0) is 25.6 Å². The van der Waals surface area contributed by atoms with Gasteiger partial charge in [-0.1, -0.05) is 29.8 Å². The van der Waals surface area contributed by atoms with E-state index in [-0.39, 0.29) is 17.7 Å². The Bertz CT molecular complexity index is 689. The molecular weight excluding hydrogens is 332 g/mol. The van der Waals surface area contributed by atoms with Gasteiger partial charge >= 0.3 is 0 Å². The molecule has 0 bridgehead atoms. The molecule has 0 aromatic heterocycles. The van der Waals surface area contributed by atoms with Crippen LogP contribution in [0.15, 0.2) is 24.3 Å². The molecule has 3 fully saturated rings. The first-order valence-corrected chi connectivity index (χ1v) is 9.45. The number of amides is 2. The maximum absolute atomic E-state index is 12.9. The predicted octanol–water partition coefficient (Wildman–Crippen LogP) is 1.71. The Kier molecular flexibility index (Phi) is 4.71. The maximum atomic E-state index is 12.9. The molecule has 3 heterocycles. The number of rotatable bonds is 3. The summed E-state index contributed by atoms with van der Waals surface area (Å²) in [6.45, 7) is 5.69. The normalized spacial score (nSPS) is 25.3. The molecule has 3 aliphatic rings. The fourth-order valence-electron chi connectivity index (χ4n) is 4.23. The minimum atomic E-state index is -0.473. The summed E-state index contributed by atoms with van der Waals surface area (Å²) in [5.74, 6) is -0.537. The van der Waals surface area contributed by atoms with Gasteiger partial charge in [0.15, 0.2) is 5.79 Å². The van der Waals surface area contributed by atoms with Crippen LogP contribution in [-0.4, -0.2) is 60.2 Å². The summed E-state index contributed by atoms with van der Waals surface area (Å²) >= 11 is 0. The van der Waals surface area contributed by atoms with Gasteiger partial charge in [-0.15, -0.1) is 0 Å². The highest BCUT2D eigenvalue weighted by Gasteiger charge is 2.43. The molecule has 4 rings (SSSR count). The van der Waals surface area contributed by atoms with Crippen molar-refractivity contribution in [3.8, 4) is 0 Å². The molecule has 0 radical (unpaired) electrons. The van der Waals surface area contributed by atoms with E-state index < -0.39 is 5.79 Å². The lowest BCUT2D eigenvalue weighted by Crippen LogP contribution is -2.49. The fraction of sp³-hybridized carbons (Fsp3) is 0.600. The van der Waals surface area contributed by atoms with E-state index in [2.05, 4.69) is 6.07 Å².